The number of hydrogen-bond donors (Lipinski definition) is 1. The van der Waals surface area contributed by atoms with Crippen LogP contribution in [0.1, 0.15) is 12.5 Å². The van der Waals surface area contributed by atoms with Crippen LogP contribution in [0.4, 0.5) is 11.4 Å². The molecule has 6 heteroatoms. The molecule has 0 aliphatic heterocycles. The highest BCUT2D eigenvalue weighted by Gasteiger charge is 2.13. The van der Waals surface area contributed by atoms with Crippen LogP contribution in [0.5, 0.6) is 0 Å². The zero-order valence-electron chi connectivity index (χ0n) is 10.6. The summed E-state index contributed by atoms with van der Waals surface area (Å²) in [6.07, 6.45) is 0. The molecule has 0 aliphatic carbocycles. The Bertz CT molecular complexity index is 396. The summed E-state index contributed by atoms with van der Waals surface area (Å²) in [7, 11) is 1.61. The summed E-state index contributed by atoms with van der Waals surface area (Å²) in [5.74, 6) is 0. The number of anilines is 1. The van der Waals surface area contributed by atoms with Crippen LogP contribution in [-0.2, 0) is 16.1 Å². The predicted molar refractivity (Wildman–Crippen MR) is 68.8 cm³/mol. The second-order valence-electron chi connectivity index (χ2n) is 3.68. The number of nitrogens with zero attached hydrogens (tertiary/aromatic N) is 1. The van der Waals surface area contributed by atoms with Gasteiger partial charge in [-0.15, -0.1) is 0 Å². The third-order valence-corrected chi connectivity index (χ3v) is 2.33. The summed E-state index contributed by atoms with van der Waals surface area (Å²) in [4.78, 5) is 10.4. The van der Waals surface area contributed by atoms with Gasteiger partial charge < -0.3 is 14.8 Å². The third-order valence-electron chi connectivity index (χ3n) is 2.33. The fourth-order valence-electron chi connectivity index (χ4n) is 1.50. The van der Waals surface area contributed by atoms with Gasteiger partial charge in [0.25, 0.3) is 5.69 Å². The first-order valence-corrected chi connectivity index (χ1v) is 5.77. The van der Waals surface area contributed by atoms with E-state index in [1.54, 1.807) is 19.2 Å². The topological polar surface area (TPSA) is 73.6 Å². The van der Waals surface area contributed by atoms with E-state index in [2.05, 4.69) is 5.32 Å². The minimum atomic E-state index is -0.395. The molecule has 1 aromatic rings. The van der Waals surface area contributed by atoms with Crippen molar-refractivity contribution in [3.05, 3.63) is 33.9 Å². The Labute approximate surface area is 106 Å². The highest BCUT2D eigenvalue weighted by atomic mass is 16.6. The summed E-state index contributed by atoms with van der Waals surface area (Å²) in [6, 6.07) is 4.94. The lowest BCUT2D eigenvalue weighted by Gasteiger charge is -2.08. The second kappa shape index (κ2) is 7.62. The van der Waals surface area contributed by atoms with Gasteiger partial charge in [0.1, 0.15) is 5.69 Å². The lowest BCUT2D eigenvalue weighted by Crippen LogP contribution is -2.04. The molecule has 0 bridgehead atoms. The van der Waals surface area contributed by atoms with Crippen LogP contribution in [0, 0.1) is 10.1 Å². The van der Waals surface area contributed by atoms with E-state index in [4.69, 9.17) is 9.47 Å². The lowest BCUT2D eigenvalue weighted by atomic mass is 10.2. The molecular weight excluding hydrogens is 236 g/mol. The molecule has 0 heterocycles. The minimum absolute atomic E-state index is 0.0810. The van der Waals surface area contributed by atoms with Crippen LogP contribution in [0.15, 0.2) is 18.2 Å². The van der Waals surface area contributed by atoms with Gasteiger partial charge in [-0.25, -0.2) is 0 Å². The largest absolute Gasteiger partial charge is 0.382 e. The smallest absolute Gasteiger partial charge is 0.292 e. The van der Waals surface area contributed by atoms with E-state index < -0.39 is 4.92 Å². The summed E-state index contributed by atoms with van der Waals surface area (Å²) < 4.78 is 10.2. The van der Waals surface area contributed by atoms with Gasteiger partial charge in [-0.1, -0.05) is 0 Å². The van der Waals surface area contributed by atoms with E-state index in [9.17, 15) is 10.1 Å². The van der Waals surface area contributed by atoms with Gasteiger partial charge in [0.15, 0.2) is 0 Å². The molecule has 0 saturated carbocycles. The second-order valence-corrected chi connectivity index (χ2v) is 3.68. The molecule has 0 atom stereocenters. The van der Waals surface area contributed by atoms with Crippen molar-refractivity contribution in [3.63, 3.8) is 0 Å². The zero-order valence-corrected chi connectivity index (χ0v) is 10.6. The molecule has 1 aromatic carbocycles. The van der Waals surface area contributed by atoms with Crippen molar-refractivity contribution in [2.24, 2.45) is 0 Å². The molecule has 0 amide bonds. The molecule has 0 spiro atoms. The van der Waals surface area contributed by atoms with Gasteiger partial charge in [-0.05, 0) is 24.6 Å². The van der Waals surface area contributed by atoms with E-state index in [1.807, 2.05) is 6.92 Å². The predicted octanol–water partition coefficient (Wildman–Crippen LogP) is 2.19. The molecule has 0 aliphatic rings. The van der Waals surface area contributed by atoms with Crippen LogP contribution in [0.3, 0.4) is 0 Å². The normalized spacial score (nSPS) is 10.3. The monoisotopic (exact) mass is 254 g/mol. The van der Waals surface area contributed by atoms with Gasteiger partial charge >= 0.3 is 0 Å². The fourth-order valence-corrected chi connectivity index (χ4v) is 1.50. The molecule has 0 aromatic heterocycles. The standard InChI is InChI=1S/C12H18N2O4/c1-3-13-11-8-10(9-18-7-6-17-2)4-5-12(11)14(15)16/h4-5,8,13H,3,6-7,9H2,1-2H3. The van der Waals surface area contributed by atoms with Crippen molar-refractivity contribution >= 4 is 11.4 Å². The quantitative estimate of drug-likeness (QED) is 0.437. The highest BCUT2D eigenvalue weighted by Crippen LogP contribution is 2.25. The fraction of sp³-hybridized carbons (Fsp3) is 0.500. The summed E-state index contributed by atoms with van der Waals surface area (Å²) in [5, 5.41) is 13.8. The molecular formula is C12H18N2O4. The van der Waals surface area contributed by atoms with Crippen molar-refractivity contribution < 1.29 is 14.4 Å². The lowest BCUT2D eigenvalue weighted by molar-refractivity contribution is -0.384. The number of ether oxygens (including phenoxy) is 2. The SMILES string of the molecule is CCNc1cc(COCCOC)ccc1[N+](=O)[O-]. The number of nitro benzene ring substituents is 1. The number of methoxy groups -OCH3 is 1. The van der Waals surface area contributed by atoms with Gasteiger partial charge in [-0.2, -0.15) is 0 Å². The summed E-state index contributed by atoms with van der Waals surface area (Å²) in [6.45, 7) is 3.98. The minimum Gasteiger partial charge on any atom is -0.382 e. The molecule has 100 valence electrons. The Hall–Kier alpha value is -1.66. The van der Waals surface area contributed by atoms with Gasteiger partial charge in [0.2, 0.25) is 0 Å². The zero-order chi connectivity index (χ0) is 13.4. The summed E-state index contributed by atoms with van der Waals surface area (Å²) in [5.41, 5.74) is 1.50. The van der Waals surface area contributed by atoms with E-state index in [1.165, 1.54) is 6.07 Å². The maximum Gasteiger partial charge on any atom is 0.292 e. The Morgan fingerprint density at radius 2 is 2.17 bits per heavy atom. The maximum atomic E-state index is 10.8. The highest BCUT2D eigenvalue weighted by molar-refractivity contribution is 5.62. The van der Waals surface area contributed by atoms with Gasteiger partial charge in [0, 0.05) is 19.7 Å². The molecule has 0 radical (unpaired) electrons. The van der Waals surface area contributed by atoms with E-state index >= 15 is 0 Å². The van der Waals surface area contributed by atoms with Crippen molar-refractivity contribution in [3.8, 4) is 0 Å². The maximum absolute atomic E-state index is 10.8. The average molecular weight is 254 g/mol. The van der Waals surface area contributed by atoms with Crippen LogP contribution in [0.2, 0.25) is 0 Å². The van der Waals surface area contributed by atoms with Crippen LogP contribution >= 0.6 is 0 Å². The molecule has 0 saturated heterocycles. The van der Waals surface area contributed by atoms with E-state index in [0.717, 1.165) is 5.56 Å². The van der Waals surface area contributed by atoms with E-state index in [-0.39, 0.29) is 5.69 Å². The van der Waals surface area contributed by atoms with Gasteiger partial charge in [0.05, 0.1) is 24.7 Å². The van der Waals surface area contributed by atoms with Crippen LogP contribution < -0.4 is 5.32 Å². The first-order valence-electron chi connectivity index (χ1n) is 5.77. The van der Waals surface area contributed by atoms with Crippen molar-refractivity contribution in [2.75, 3.05) is 32.2 Å². The molecule has 18 heavy (non-hydrogen) atoms. The summed E-state index contributed by atoms with van der Waals surface area (Å²) >= 11 is 0. The third kappa shape index (κ3) is 4.31. The van der Waals surface area contributed by atoms with Crippen molar-refractivity contribution in [1.29, 1.82) is 0 Å². The molecule has 6 nitrogen and oxygen atoms in total. The molecule has 0 fully saturated rings. The Morgan fingerprint density at radius 1 is 1.39 bits per heavy atom. The Kier molecular flexibility index (Phi) is 6.10. The molecule has 1 rings (SSSR count). The molecule has 0 unspecified atom stereocenters. The first kappa shape index (κ1) is 14.4. The van der Waals surface area contributed by atoms with Gasteiger partial charge in [-0.3, -0.25) is 10.1 Å². The number of benzene rings is 1. The first-order chi connectivity index (χ1) is 8.69. The molecule has 1 N–H and O–H groups in total. The number of nitro groups is 1. The van der Waals surface area contributed by atoms with Crippen molar-refractivity contribution in [2.45, 2.75) is 13.5 Å². The number of rotatable bonds is 8. The average Bonchev–Trinajstić information content (AvgIpc) is 2.35. The van der Waals surface area contributed by atoms with Crippen LogP contribution in [0.25, 0.3) is 0 Å². The van der Waals surface area contributed by atoms with E-state index in [0.29, 0.717) is 32.1 Å². The van der Waals surface area contributed by atoms with Crippen LogP contribution in [-0.4, -0.2) is 31.8 Å². The van der Waals surface area contributed by atoms with Crippen molar-refractivity contribution in [1.82, 2.24) is 0 Å². The Balaban J connectivity index is 2.70. The number of nitrogens with one attached hydrogen (secondary N) is 1. The Morgan fingerprint density at radius 3 is 2.78 bits per heavy atom. The number of hydrogen-bond acceptors (Lipinski definition) is 5.